The largest absolute Gasteiger partial charge is 0.489 e. The molecule has 1 aliphatic rings. The molecule has 2 aromatic carbocycles. The highest BCUT2D eigenvalue weighted by Crippen LogP contribution is 2.44. The molecule has 31 heavy (non-hydrogen) atoms. The lowest BCUT2D eigenvalue weighted by molar-refractivity contribution is 0.300. The Bertz CT molecular complexity index is 1330. The van der Waals surface area contributed by atoms with Gasteiger partial charge in [0.1, 0.15) is 22.9 Å². The van der Waals surface area contributed by atoms with E-state index in [1.54, 1.807) is 47.7 Å². The second-order valence-electron chi connectivity index (χ2n) is 7.80. The van der Waals surface area contributed by atoms with E-state index in [0.717, 1.165) is 22.5 Å². The molecular formula is C23H21FN4O2S. The molecular weight excluding hydrogens is 415 g/mol. The topological polar surface area (TPSA) is 60.2 Å². The summed E-state index contributed by atoms with van der Waals surface area (Å²) in [7, 11) is 3.75. The standard InChI is InChI=1S/C23H21FN4O2S/c1-27(2)20-19-21(25-22(31-19)14-10-11-14)28(23(29)26-20)16-7-5-8-17(12-16)30-13-15-6-3-4-9-18(15)24/h3-9,12,14H,10-11,13H2,1-2H3. The van der Waals surface area contributed by atoms with Gasteiger partial charge < -0.3 is 9.64 Å². The Labute approximate surface area is 182 Å². The van der Waals surface area contributed by atoms with Gasteiger partial charge in [-0.15, -0.1) is 11.3 Å². The second-order valence-corrected chi connectivity index (χ2v) is 8.84. The van der Waals surface area contributed by atoms with Gasteiger partial charge in [0, 0.05) is 31.6 Å². The molecule has 2 heterocycles. The summed E-state index contributed by atoms with van der Waals surface area (Å²) in [6, 6.07) is 13.7. The summed E-state index contributed by atoms with van der Waals surface area (Å²) >= 11 is 1.61. The van der Waals surface area contributed by atoms with Crippen molar-refractivity contribution in [3.63, 3.8) is 0 Å². The Balaban J connectivity index is 1.55. The zero-order chi connectivity index (χ0) is 21.5. The molecule has 0 amide bonds. The quantitative estimate of drug-likeness (QED) is 0.445. The number of benzene rings is 2. The summed E-state index contributed by atoms with van der Waals surface area (Å²) in [5.41, 5.74) is 1.31. The van der Waals surface area contributed by atoms with E-state index >= 15 is 0 Å². The first-order chi connectivity index (χ1) is 15.0. The third-order valence-corrected chi connectivity index (χ3v) is 6.41. The van der Waals surface area contributed by atoms with Gasteiger partial charge in [-0.05, 0) is 31.0 Å². The van der Waals surface area contributed by atoms with Crippen molar-refractivity contribution in [2.75, 3.05) is 19.0 Å². The van der Waals surface area contributed by atoms with Gasteiger partial charge in [-0.3, -0.25) is 0 Å². The highest BCUT2D eigenvalue weighted by atomic mass is 32.1. The molecule has 4 aromatic rings. The van der Waals surface area contributed by atoms with Gasteiger partial charge in [0.15, 0.2) is 11.5 Å². The lowest BCUT2D eigenvalue weighted by atomic mass is 10.2. The summed E-state index contributed by atoms with van der Waals surface area (Å²) in [5, 5.41) is 1.05. The van der Waals surface area contributed by atoms with E-state index in [2.05, 4.69) is 4.98 Å². The first-order valence-corrected chi connectivity index (χ1v) is 10.9. The van der Waals surface area contributed by atoms with E-state index in [0.29, 0.717) is 34.4 Å². The number of aromatic nitrogens is 3. The summed E-state index contributed by atoms with van der Waals surface area (Å²) in [5.74, 6) is 1.34. The number of hydrogen-bond acceptors (Lipinski definition) is 6. The van der Waals surface area contributed by atoms with Crippen LogP contribution in [0.2, 0.25) is 0 Å². The average molecular weight is 437 g/mol. The maximum absolute atomic E-state index is 13.9. The third-order valence-electron chi connectivity index (χ3n) is 5.21. The predicted molar refractivity (Wildman–Crippen MR) is 120 cm³/mol. The predicted octanol–water partition coefficient (Wildman–Crippen LogP) is 4.50. The number of halogens is 1. The molecule has 0 saturated heterocycles. The van der Waals surface area contributed by atoms with Crippen LogP contribution in [0.4, 0.5) is 10.2 Å². The van der Waals surface area contributed by atoms with Gasteiger partial charge in [0.05, 0.1) is 10.7 Å². The van der Waals surface area contributed by atoms with Crippen molar-refractivity contribution in [1.29, 1.82) is 0 Å². The minimum absolute atomic E-state index is 0.0980. The molecule has 5 rings (SSSR count). The number of hydrogen-bond donors (Lipinski definition) is 0. The van der Waals surface area contributed by atoms with E-state index in [1.165, 1.54) is 10.6 Å². The highest BCUT2D eigenvalue weighted by Gasteiger charge is 2.29. The smallest absolute Gasteiger partial charge is 0.355 e. The molecule has 0 atom stereocenters. The van der Waals surface area contributed by atoms with Crippen molar-refractivity contribution in [2.45, 2.75) is 25.4 Å². The van der Waals surface area contributed by atoms with Crippen molar-refractivity contribution < 1.29 is 9.13 Å². The lowest BCUT2D eigenvalue weighted by Crippen LogP contribution is -2.25. The van der Waals surface area contributed by atoms with Gasteiger partial charge >= 0.3 is 5.69 Å². The molecule has 0 bridgehead atoms. The number of anilines is 1. The number of nitrogens with zero attached hydrogens (tertiary/aromatic N) is 4. The molecule has 1 aliphatic carbocycles. The van der Waals surface area contributed by atoms with Crippen LogP contribution in [0.1, 0.15) is 29.3 Å². The number of rotatable bonds is 6. The molecule has 0 aliphatic heterocycles. The van der Waals surface area contributed by atoms with Crippen LogP contribution >= 0.6 is 11.3 Å². The van der Waals surface area contributed by atoms with Crippen LogP contribution in [0.5, 0.6) is 5.75 Å². The first-order valence-electron chi connectivity index (χ1n) is 10.1. The molecule has 8 heteroatoms. The van der Waals surface area contributed by atoms with Gasteiger partial charge in [0.2, 0.25) is 0 Å². The minimum Gasteiger partial charge on any atom is -0.489 e. The van der Waals surface area contributed by atoms with Crippen molar-refractivity contribution in [3.05, 3.63) is 75.4 Å². The van der Waals surface area contributed by atoms with Crippen molar-refractivity contribution in [3.8, 4) is 11.4 Å². The Hall–Kier alpha value is -3.26. The van der Waals surface area contributed by atoms with Crippen LogP contribution < -0.4 is 15.3 Å². The van der Waals surface area contributed by atoms with Crippen molar-refractivity contribution in [1.82, 2.24) is 14.5 Å². The third kappa shape index (κ3) is 3.79. The minimum atomic E-state index is -0.393. The molecule has 1 fully saturated rings. The SMILES string of the molecule is CN(C)c1nc(=O)n(-c2cccc(OCc3ccccc3F)c2)c2nc(C3CC3)sc12. The van der Waals surface area contributed by atoms with Crippen LogP contribution in [0.3, 0.4) is 0 Å². The molecule has 0 N–H and O–H groups in total. The van der Waals surface area contributed by atoms with E-state index < -0.39 is 5.69 Å². The Morgan fingerprint density at radius 1 is 1.16 bits per heavy atom. The number of fused-ring (bicyclic) bond motifs is 1. The molecule has 6 nitrogen and oxygen atoms in total. The Kier molecular flexibility index (Phi) is 4.94. The Morgan fingerprint density at radius 3 is 2.71 bits per heavy atom. The zero-order valence-electron chi connectivity index (χ0n) is 17.2. The first kappa shape index (κ1) is 19.7. The van der Waals surface area contributed by atoms with Gasteiger partial charge in [-0.2, -0.15) is 4.98 Å². The molecule has 0 radical (unpaired) electrons. The summed E-state index contributed by atoms with van der Waals surface area (Å²) in [4.78, 5) is 24.0. The second kappa shape index (κ2) is 7.77. The number of thiazole rings is 1. The van der Waals surface area contributed by atoms with Crippen LogP contribution in [-0.2, 0) is 6.61 Å². The van der Waals surface area contributed by atoms with Crippen LogP contribution in [0, 0.1) is 5.82 Å². The van der Waals surface area contributed by atoms with Crippen molar-refractivity contribution >= 4 is 27.5 Å². The maximum Gasteiger partial charge on any atom is 0.355 e. The average Bonchev–Trinajstić information content (AvgIpc) is 3.52. The number of ether oxygens (including phenoxy) is 1. The zero-order valence-corrected chi connectivity index (χ0v) is 18.0. The fraction of sp³-hybridized carbons (Fsp3) is 0.261. The van der Waals surface area contributed by atoms with E-state index in [-0.39, 0.29) is 12.4 Å². The van der Waals surface area contributed by atoms with Crippen molar-refractivity contribution in [2.24, 2.45) is 0 Å². The molecule has 158 valence electrons. The lowest BCUT2D eigenvalue weighted by Gasteiger charge is -2.14. The summed E-state index contributed by atoms with van der Waals surface area (Å²) in [6.07, 6.45) is 2.27. The van der Waals surface area contributed by atoms with Gasteiger partial charge in [-0.25, -0.2) is 18.7 Å². The highest BCUT2D eigenvalue weighted by molar-refractivity contribution is 7.19. The van der Waals surface area contributed by atoms with Crippen LogP contribution in [0.15, 0.2) is 53.3 Å². The van der Waals surface area contributed by atoms with Crippen LogP contribution in [-0.4, -0.2) is 28.6 Å². The van der Waals surface area contributed by atoms with Crippen LogP contribution in [0.25, 0.3) is 16.0 Å². The fourth-order valence-electron chi connectivity index (χ4n) is 3.44. The molecule has 0 unspecified atom stereocenters. The van der Waals surface area contributed by atoms with E-state index in [1.807, 2.05) is 25.1 Å². The maximum atomic E-state index is 13.9. The van der Waals surface area contributed by atoms with Gasteiger partial charge in [0.25, 0.3) is 0 Å². The molecule has 0 spiro atoms. The molecule has 2 aromatic heterocycles. The normalized spacial score (nSPS) is 13.5. The molecule has 1 saturated carbocycles. The Morgan fingerprint density at radius 2 is 1.97 bits per heavy atom. The summed E-state index contributed by atoms with van der Waals surface area (Å²) in [6.45, 7) is 0.0980. The van der Waals surface area contributed by atoms with Gasteiger partial charge in [-0.1, -0.05) is 24.3 Å². The van der Waals surface area contributed by atoms with E-state index in [4.69, 9.17) is 9.72 Å². The van der Waals surface area contributed by atoms with E-state index in [9.17, 15) is 9.18 Å². The summed E-state index contributed by atoms with van der Waals surface area (Å²) < 4.78 is 22.1. The fourth-order valence-corrected chi connectivity index (χ4v) is 4.73. The monoisotopic (exact) mass is 436 g/mol.